The number of carbonyl (C=O) groups is 1. The van der Waals surface area contributed by atoms with Gasteiger partial charge in [-0.05, 0) is 43.2 Å². The van der Waals surface area contributed by atoms with Crippen molar-refractivity contribution in [1.82, 2.24) is 0 Å². The van der Waals surface area contributed by atoms with Crippen LogP contribution < -0.4 is 15.8 Å². The quantitative estimate of drug-likeness (QED) is 0.723. The van der Waals surface area contributed by atoms with Gasteiger partial charge in [0.1, 0.15) is 0 Å². The molecule has 0 unspecified atom stereocenters. The molecule has 1 aliphatic carbocycles. The molecule has 0 bridgehead atoms. The Kier molecular flexibility index (Phi) is 6.28. The van der Waals surface area contributed by atoms with Crippen LogP contribution in [0.5, 0.6) is 0 Å². The van der Waals surface area contributed by atoms with E-state index >= 15 is 0 Å². The summed E-state index contributed by atoms with van der Waals surface area (Å²) in [4.78, 5) is 12.5. The number of rotatable bonds is 5. The van der Waals surface area contributed by atoms with E-state index < -0.39 is 15.6 Å². The molecule has 0 spiro atoms. The predicted octanol–water partition coefficient (Wildman–Crippen LogP) is 3.12. The Bertz CT molecular complexity index is 866. The SMILES string of the molecule is Cl.NC1(C(=O)Nc2cccc(S(=O)(=O)Nc3ccccc3)c2)CCCC1. The minimum absolute atomic E-state index is 0. The number of para-hydroxylation sites is 1. The van der Waals surface area contributed by atoms with Crippen LogP contribution >= 0.6 is 12.4 Å². The lowest BCUT2D eigenvalue weighted by Crippen LogP contribution is -2.48. The zero-order valence-electron chi connectivity index (χ0n) is 14.1. The number of hydrogen-bond acceptors (Lipinski definition) is 4. The van der Waals surface area contributed by atoms with E-state index in [0.29, 0.717) is 24.2 Å². The molecule has 140 valence electrons. The van der Waals surface area contributed by atoms with Crippen LogP contribution in [-0.2, 0) is 14.8 Å². The summed E-state index contributed by atoms with van der Waals surface area (Å²) in [6.45, 7) is 0. The largest absolute Gasteiger partial charge is 0.324 e. The molecule has 2 aromatic rings. The van der Waals surface area contributed by atoms with E-state index in [-0.39, 0.29) is 23.2 Å². The van der Waals surface area contributed by atoms with Gasteiger partial charge in [0.2, 0.25) is 5.91 Å². The maximum atomic E-state index is 12.5. The molecule has 0 atom stereocenters. The Morgan fingerprint density at radius 3 is 2.23 bits per heavy atom. The Hall–Kier alpha value is -2.09. The summed E-state index contributed by atoms with van der Waals surface area (Å²) < 4.78 is 27.5. The van der Waals surface area contributed by atoms with Crippen molar-refractivity contribution in [3.05, 3.63) is 54.6 Å². The zero-order valence-corrected chi connectivity index (χ0v) is 15.8. The average molecular weight is 396 g/mol. The highest BCUT2D eigenvalue weighted by atomic mass is 35.5. The van der Waals surface area contributed by atoms with E-state index in [1.165, 1.54) is 12.1 Å². The van der Waals surface area contributed by atoms with E-state index in [0.717, 1.165) is 12.8 Å². The van der Waals surface area contributed by atoms with Crippen LogP contribution in [0.4, 0.5) is 11.4 Å². The summed E-state index contributed by atoms with van der Waals surface area (Å²) in [5.41, 5.74) is 6.16. The average Bonchev–Trinajstić information content (AvgIpc) is 3.04. The van der Waals surface area contributed by atoms with Crippen LogP contribution in [0.2, 0.25) is 0 Å². The van der Waals surface area contributed by atoms with Crippen molar-refractivity contribution in [2.45, 2.75) is 36.1 Å². The third-order valence-electron chi connectivity index (χ3n) is 4.38. The lowest BCUT2D eigenvalue weighted by Gasteiger charge is -2.22. The minimum atomic E-state index is -3.74. The molecule has 2 aromatic carbocycles. The summed E-state index contributed by atoms with van der Waals surface area (Å²) in [5, 5.41) is 2.74. The fourth-order valence-electron chi connectivity index (χ4n) is 2.95. The smallest absolute Gasteiger partial charge is 0.261 e. The van der Waals surface area contributed by atoms with Crippen LogP contribution in [0.25, 0.3) is 0 Å². The monoisotopic (exact) mass is 395 g/mol. The first-order valence-corrected chi connectivity index (χ1v) is 9.66. The van der Waals surface area contributed by atoms with Crippen molar-refractivity contribution in [3.63, 3.8) is 0 Å². The lowest BCUT2D eigenvalue weighted by atomic mass is 9.98. The van der Waals surface area contributed by atoms with Crippen LogP contribution in [0, 0.1) is 0 Å². The number of benzene rings is 2. The number of hydrogen-bond donors (Lipinski definition) is 3. The summed E-state index contributed by atoms with van der Waals surface area (Å²) >= 11 is 0. The second kappa shape index (κ2) is 8.07. The van der Waals surface area contributed by atoms with Crippen LogP contribution in [-0.4, -0.2) is 19.9 Å². The molecule has 8 heteroatoms. The molecule has 0 aromatic heterocycles. The molecule has 1 aliphatic rings. The fourth-order valence-corrected chi connectivity index (χ4v) is 4.05. The van der Waals surface area contributed by atoms with Gasteiger partial charge in [-0.15, -0.1) is 12.4 Å². The summed E-state index contributed by atoms with van der Waals surface area (Å²) in [5.74, 6) is -0.268. The summed E-state index contributed by atoms with van der Waals surface area (Å²) in [6.07, 6.45) is 3.15. The van der Waals surface area contributed by atoms with Gasteiger partial charge in [-0.25, -0.2) is 8.42 Å². The van der Waals surface area contributed by atoms with Gasteiger partial charge >= 0.3 is 0 Å². The Balaban J connectivity index is 0.00000243. The first kappa shape index (κ1) is 20.2. The second-order valence-electron chi connectivity index (χ2n) is 6.32. The first-order chi connectivity index (χ1) is 11.9. The van der Waals surface area contributed by atoms with Crippen molar-refractivity contribution in [3.8, 4) is 0 Å². The van der Waals surface area contributed by atoms with Crippen molar-refractivity contribution in [2.75, 3.05) is 10.0 Å². The molecule has 0 aliphatic heterocycles. The van der Waals surface area contributed by atoms with E-state index in [9.17, 15) is 13.2 Å². The first-order valence-electron chi connectivity index (χ1n) is 8.17. The number of anilines is 2. The number of nitrogens with two attached hydrogens (primary N) is 1. The molecular formula is C18H22ClN3O3S. The molecule has 1 amide bonds. The van der Waals surface area contributed by atoms with Crippen molar-refractivity contribution in [2.24, 2.45) is 5.73 Å². The molecule has 3 rings (SSSR count). The summed E-state index contributed by atoms with van der Waals surface area (Å²) in [7, 11) is -3.74. The molecule has 0 radical (unpaired) electrons. The standard InChI is InChI=1S/C18H21N3O3S.ClH/c19-18(11-4-5-12-18)17(22)20-15-9-6-10-16(13-15)25(23,24)21-14-7-2-1-3-8-14;/h1-3,6-10,13,21H,4-5,11-12,19H2,(H,20,22);1H. The van der Waals surface area contributed by atoms with Gasteiger partial charge in [-0.2, -0.15) is 0 Å². The Morgan fingerprint density at radius 1 is 0.962 bits per heavy atom. The minimum Gasteiger partial charge on any atom is -0.324 e. The number of sulfonamides is 1. The predicted molar refractivity (Wildman–Crippen MR) is 105 cm³/mol. The van der Waals surface area contributed by atoms with Crippen LogP contribution in [0.1, 0.15) is 25.7 Å². The number of nitrogens with one attached hydrogen (secondary N) is 2. The molecule has 26 heavy (non-hydrogen) atoms. The van der Waals surface area contributed by atoms with Gasteiger partial charge in [0.25, 0.3) is 10.0 Å². The number of halogens is 1. The highest BCUT2D eigenvalue weighted by molar-refractivity contribution is 7.92. The number of amides is 1. The highest BCUT2D eigenvalue weighted by Crippen LogP contribution is 2.29. The van der Waals surface area contributed by atoms with Crippen molar-refractivity contribution < 1.29 is 13.2 Å². The normalized spacial score (nSPS) is 15.7. The topological polar surface area (TPSA) is 101 Å². The third kappa shape index (κ3) is 4.55. The van der Waals surface area contributed by atoms with Gasteiger partial charge in [-0.3, -0.25) is 9.52 Å². The van der Waals surface area contributed by atoms with E-state index in [1.807, 2.05) is 0 Å². The Morgan fingerprint density at radius 2 is 1.58 bits per heavy atom. The fraction of sp³-hybridized carbons (Fsp3) is 0.278. The van der Waals surface area contributed by atoms with Gasteiger partial charge in [-0.1, -0.05) is 37.1 Å². The van der Waals surface area contributed by atoms with Crippen molar-refractivity contribution in [1.29, 1.82) is 0 Å². The highest BCUT2D eigenvalue weighted by Gasteiger charge is 2.37. The van der Waals surface area contributed by atoms with Crippen LogP contribution in [0.15, 0.2) is 59.5 Å². The maximum Gasteiger partial charge on any atom is 0.261 e. The number of carbonyl (C=O) groups excluding carboxylic acids is 1. The van der Waals surface area contributed by atoms with Gasteiger partial charge in [0.15, 0.2) is 0 Å². The van der Waals surface area contributed by atoms with Crippen molar-refractivity contribution >= 4 is 39.7 Å². The summed E-state index contributed by atoms with van der Waals surface area (Å²) in [6, 6.07) is 14.8. The second-order valence-corrected chi connectivity index (χ2v) is 8.00. The van der Waals surface area contributed by atoms with E-state index in [4.69, 9.17) is 5.73 Å². The third-order valence-corrected chi connectivity index (χ3v) is 5.76. The molecule has 0 saturated heterocycles. The van der Waals surface area contributed by atoms with Gasteiger partial charge < -0.3 is 11.1 Å². The molecular weight excluding hydrogens is 374 g/mol. The molecule has 4 N–H and O–H groups in total. The van der Waals surface area contributed by atoms with E-state index in [1.54, 1.807) is 42.5 Å². The zero-order chi connectivity index (χ0) is 17.9. The molecule has 1 saturated carbocycles. The maximum absolute atomic E-state index is 12.5. The Labute approximate surface area is 159 Å². The van der Waals surface area contributed by atoms with Crippen LogP contribution in [0.3, 0.4) is 0 Å². The lowest BCUT2D eigenvalue weighted by molar-refractivity contribution is -0.121. The molecule has 1 fully saturated rings. The molecule has 0 heterocycles. The van der Waals surface area contributed by atoms with E-state index in [2.05, 4.69) is 10.0 Å². The molecule has 6 nitrogen and oxygen atoms in total. The van der Waals surface area contributed by atoms with Gasteiger partial charge in [0, 0.05) is 11.4 Å². The van der Waals surface area contributed by atoms with Gasteiger partial charge in [0.05, 0.1) is 10.4 Å².